The summed E-state index contributed by atoms with van der Waals surface area (Å²) in [6.45, 7) is 3.85. The molecule has 3 rings (SSSR count). The highest BCUT2D eigenvalue weighted by atomic mass is 35.5. The zero-order valence-corrected chi connectivity index (χ0v) is 16.9. The molecule has 11 heteroatoms. The first-order chi connectivity index (χ1) is 11.8. The molecular weight excluding hydrogens is 424 g/mol. The van der Waals surface area contributed by atoms with Crippen molar-refractivity contribution in [1.29, 1.82) is 0 Å². The van der Waals surface area contributed by atoms with E-state index >= 15 is 0 Å². The van der Waals surface area contributed by atoms with Crippen LogP contribution in [0, 0.1) is 6.92 Å². The summed E-state index contributed by atoms with van der Waals surface area (Å²) >= 11 is 1.37. The monoisotopic (exact) mass is 442 g/mol. The summed E-state index contributed by atoms with van der Waals surface area (Å²) in [5.74, 6) is -0.405. The van der Waals surface area contributed by atoms with Crippen LogP contribution in [0.1, 0.15) is 28.9 Å². The lowest BCUT2D eigenvalue weighted by molar-refractivity contribution is -0.144. The van der Waals surface area contributed by atoms with Crippen LogP contribution in [0.25, 0.3) is 10.2 Å². The van der Waals surface area contributed by atoms with E-state index in [1.54, 1.807) is 19.1 Å². The number of hydrogen-bond acceptors (Lipinski definition) is 6. The molecule has 5 nitrogen and oxygen atoms in total. The Morgan fingerprint density at radius 3 is 2.56 bits per heavy atom. The van der Waals surface area contributed by atoms with Gasteiger partial charge in [0.2, 0.25) is 5.82 Å². The first-order valence-corrected chi connectivity index (χ1v) is 8.46. The Kier molecular flexibility index (Phi) is 7.91. The molecule has 1 unspecified atom stereocenters. The lowest BCUT2D eigenvalue weighted by atomic mass is 10.1. The third-order valence-corrected chi connectivity index (χ3v) is 4.95. The van der Waals surface area contributed by atoms with Gasteiger partial charge in [-0.15, -0.1) is 36.2 Å². The van der Waals surface area contributed by atoms with Gasteiger partial charge in [0.15, 0.2) is 0 Å². The van der Waals surface area contributed by atoms with Gasteiger partial charge >= 0.3 is 6.18 Å². The Morgan fingerprint density at radius 1 is 1.30 bits per heavy atom. The maximum absolute atomic E-state index is 13.2. The molecule has 0 aliphatic heterocycles. The standard InChI is InChI=1S/C16H17F3N4OS.2ClH/c1-8(20)6-11-9(2)12-13(25-11)14(21-7-10-4-3-5-24-10)23-15(22-12)16(17,18)19;;/h3-5,8H,6-7,20H2,1-2H3,(H,21,22,23);2*1H. The predicted molar refractivity (Wildman–Crippen MR) is 105 cm³/mol. The number of alkyl halides is 3. The van der Waals surface area contributed by atoms with Crippen molar-refractivity contribution in [3.63, 3.8) is 0 Å². The average Bonchev–Trinajstić information content (AvgIpc) is 3.13. The first kappa shape index (κ1) is 23.5. The van der Waals surface area contributed by atoms with E-state index in [9.17, 15) is 13.2 Å². The van der Waals surface area contributed by atoms with Gasteiger partial charge < -0.3 is 15.5 Å². The summed E-state index contributed by atoms with van der Waals surface area (Å²) in [7, 11) is 0. The third-order valence-electron chi connectivity index (χ3n) is 3.64. The van der Waals surface area contributed by atoms with Gasteiger partial charge in [-0.3, -0.25) is 0 Å². The van der Waals surface area contributed by atoms with Crippen LogP contribution >= 0.6 is 36.2 Å². The number of furan rings is 1. The second-order valence-corrected chi connectivity index (χ2v) is 6.94. The summed E-state index contributed by atoms with van der Waals surface area (Å²) < 4.78 is 45.3. The van der Waals surface area contributed by atoms with Crippen LogP contribution in [-0.2, 0) is 19.1 Å². The van der Waals surface area contributed by atoms with Crippen LogP contribution in [0.5, 0.6) is 0 Å². The Bertz CT molecular complexity index is 882. The summed E-state index contributed by atoms with van der Waals surface area (Å²) in [6, 6.07) is 3.35. The largest absolute Gasteiger partial charge is 0.467 e. The number of aryl methyl sites for hydroxylation is 1. The van der Waals surface area contributed by atoms with Gasteiger partial charge in [-0.2, -0.15) is 13.2 Å². The molecule has 0 saturated carbocycles. The molecule has 0 bridgehead atoms. The summed E-state index contributed by atoms with van der Waals surface area (Å²) in [6.07, 6.45) is -2.54. The Balaban J connectivity index is 0.00000182. The van der Waals surface area contributed by atoms with Crippen LogP contribution in [0.3, 0.4) is 0 Å². The zero-order chi connectivity index (χ0) is 18.2. The van der Waals surface area contributed by atoms with E-state index in [4.69, 9.17) is 10.2 Å². The lowest BCUT2D eigenvalue weighted by Crippen LogP contribution is -2.17. The highest BCUT2D eigenvalue weighted by Crippen LogP contribution is 2.37. The van der Waals surface area contributed by atoms with Crippen molar-refractivity contribution >= 4 is 52.2 Å². The Labute approximate surface area is 170 Å². The Hall–Kier alpha value is -1.55. The number of anilines is 1. The van der Waals surface area contributed by atoms with Gasteiger partial charge in [0.25, 0.3) is 0 Å². The number of fused-ring (bicyclic) bond motifs is 1. The van der Waals surface area contributed by atoms with E-state index in [-0.39, 0.29) is 43.2 Å². The number of thiophene rings is 1. The molecule has 0 fully saturated rings. The van der Waals surface area contributed by atoms with E-state index in [1.165, 1.54) is 17.6 Å². The van der Waals surface area contributed by atoms with Crippen LogP contribution in [-0.4, -0.2) is 16.0 Å². The molecule has 0 aliphatic rings. The lowest BCUT2D eigenvalue weighted by Gasteiger charge is -2.10. The van der Waals surface area contributed by atoms with Crippen molar-refractivity contribution in [1.82, 2.24) is 9.97 Å². The molecule has 3 heterocycles. The number of rotatable bonds is 5. The molecule has 27 heavy (non-hydrogen) atoms. The van der Waals surface area contributed by atoms with Gasteiger partial charge in [0, 0.05) is 10.9 Å². The van der Waals surface area contributed by atoms with Crippen molar-refractivity contribution < 1.29 is 17.6 Å². The van der Waals surface area contributed by atoms with Gasteiger partial charge in [-0.1, -0.05) is 0 Å². The minimum atomic E-state index is -4.62. The molecule has 0 spiro atoms. The van der Waals surface area contributed by atoms with E-state index < -0.39 is 12.0 Å². The fourth-order valence-corrected chi connectivity index (χ4v) is 3.80. The highest BCUT2D eigenvalue weighted by Gasteiger charge is 2.36. The summed E-state index contributed by atoms with van der Waals surface area (Å²) in [5.41, 5.74) is 6.86. The van der Waals surface area contributed by atoms with Gasteiger partial charge in [0.1, 0.15) is 11.6 Å². The van der Waals surface area contributed by atoms with E-state index in [0.717, 1.165) is 4.88 Å². The smallest absolute Gasteiger partial charge is 0.451 e. The number of hydrogen-bond donors (Lipinski definition) is 2. The maximum atomic E-state index is 13.2. The zero-order valence-electron chi connectivity index (χ0n) is 14.5. The first-order valence-electron chi connectivity index (χ1n) is 7.64. The van der Waals surface area contributed by atoms with Crippen molar-refractivity contribution in [3.05, 3.63) is 40.4 Å². The second-order valence-electron chi connectivity index (χ2n) is 5.84. The molecule has 3 N–H and O–H groups in total. The van der Waals surface area contributed by atoms with Gasteiger partial charge in [-0.05, 0) is 38.0 Å². The molecule has 3 aromatic rings. The summed E-state index contributed by atoms with van der Waals surface area (Å²) in [4.78, 5) is 8.36. The molecular formula is C16H19Cl2F3N4OS. The number of nitrogens with two attached hydrogens (primary N) is 1. The average molecular weight is 443 g/mol. The van der Waals surface area contributed by atoms with Crippen LogP contribution in [0.2, 0.25) is 0 Å². The number of nitrogens with zero attached hydrogens (tertiary/aromatic N) is 2. The minimum Gasteiger partial charge on any atom is -0.467 e. The van der Waals surface area contributed by atoms with Crippen molar-refractivity contribution in [2.75, 3.05) is 5.32 Å². The number of aromatic nitrogens is 2. The van der Waals surface area contributed by atoms with E-state index in [0.29, 0.717) is 28.0 Å². The minimum absolute atomic E-state index is 0. The molecule has 150 valence electrons. The molecule has 0 saturated heterocycles. The fraction of sp³-hybridized carbons (Fsp3) is 0.375. The van der Waals surface area contributed by atoms with Crippen molar-refractivity contribution in [2.45, 2.75) is 39.0 Å². The van der Waals surface area contributed by atoms with Gasteiger partial charge in [0.05, 0.1) is 23.0 Å². The van der Waals surface area contributed by atoms with Crippen LogP contribution in [0.4, 0.5) is 19.0 Å². The van der Waals surface area contributed by atoms with Crippen LogP contribution in [0.15, 0.2) is 22.8 Å². The predicted octanol–water partition coefficient (Wildman–Crippen LogP) is 4.96. The number of halogens is 5. The third kappa shape index (κ3) is 5.25. The number of nitrogens with one attached hydrogen (secondary N) is 1. The molecule has 0 amide bonds. The molecule has 0 radical (unpaired) electrons. The second kappa shape index (κ2) is 9.09. The molecule has 0 aromatic carbocycles. The van der Waals surface area contributed by atoms with Crippen molar-refractivity contribution in [3.8, 4) is 0 Å². The molecule has 1 atom stereocenters. The topological polar surface area (TPSA) is 77.0 Å². The molecule has 3 aromatic heterocycles. The summed E-state index contributed by atoms with van der Waals surface area (Å²) in [5, 5.41) is 2.93. The fourth-order valence-electron chi connectivity index (χ4n) is 2.45. The SMILES string of the molecule is Cc1c(CC(C)N)sc2c(NCc3ccco3)nc(C(F)(F)F)nc12.Cl.Cl. The van der Waals surface area contributed by atoms with Crippen molar-refractivity contribution in [2.24, 2.45) is 5.73 Å². The van der Waals surface area contributed by atoms with E-state index in [2.05, 4.69) is 15.3 Å². The quantitative estimate of drug-likeness (QED) is 0.583. The normalized spacial score (nSPS) is 12.4. The highest BCUT2D eigenvalue weighted by molar-refractivity contribution is 7.19. The Morgan fingerprint density at radius 2 is 2.00 bits per heavy atom. The van der Waals surface area contributed by atoms with E-state index in [1.807, 2.05) is 6.92 Å². The van der Waals surface area contributed by atoms with Gasteiger partial charge in [-0.25, -0.2) is 9.97 Å². The molecule has 0 aliphatic carbocycles. The van der Waals surface area contributed by atoms with Crippen LogP contribution < -0.4 is 11.1 Å². The maximum Gasteiger partial charge on any atom is 0.451 e.